The van der Waals surface area contributed by atoms with E-state index in [1.807, 2.05) is 0 Å². The number of hydrogen-bond donors (Lipinski definition) is 2. The minimum Gasteiger partial charge on any atom is -0.369 e. The highest BCUT2D eigenvalue weighted by molar-refractivity contribution is 5.85. The molecule has 1 aliphatic rings. The summed E-state index contributed by atoms with van der Waals surface area (Å²) in [6, 6.07) is 19.2. The second-order valence-electron chi connectivity index (χ2n) is 7.63. The summed E-state index contributed by atoms with van der Waals surface area (Å²) in [4.78, 5) is 15.0. The van der Waals surface area contributed by atoms with Gasteiger partial charge < -0.3 is 15.2 Å². The number of quaternary nitrogens is 1. The Morgan fingerprint density at radius 2 is 1.67 bits per heavy atom. The number of fused-ring (bicyclic) bond motifs is 1. The van der Waals surface area contributed by atoms with Crippen molar-refractivity contribution in [2.24, 2.45) is 11.7 Å². The molecule has 0 unspecified atom stereocenters. The molecule has 142 valence electrons. The monoisotopic (exact) mass is 384 g/mol. The topological polar surface area (TPSA) is 58.9 Å². The van der Waals surface area contributed by atoms with Crippen LogP contribution in [0.25, 0.3) is 10.9 Å². The van der Waals surface area contributed by atoms with Crippen LogP contribution in [0.3, 0.4) is 0 Å². The maximum atomic E-state index is 11.6. The second kappa shape index (κ2) is 8.15. The van der Waals surface area contributed by atoms with Crippen LogP contribution in [0.5, 0.6) is 0 Å². The average molecular weight is 385 g/mol. The highest BCUT2D eigenvalue weighted by atomic mass is 35.5. The molecule has 0 atom stereocenters. The number of nitrogens with two attached hydrogens (primary N) is 1. The van der Waals surface area contributed by atoms with Crippen LogP contribution in [0.15, 0.2) is 60.8 Å². The molecular weight excluding hydrogens is 358 g/mol. The van der Waals surface area contributed by atoms with E-state index >= 15 is 0 Å². The number of halogens is 1. The van der Waals surface area contributed by atoms with Crippen LogP contribution in [0.4, 0.5) is 0 Å². The minimum absolute atomic E-state index is 0. The molecule has 0 aliphatic carbocycles. The van der Waals surface area contributed by atoms with Crippen molar-refractivity contribution in [2.45, 2.75) is 25.9 Å². The molecule has 0 saturated carbocycles. The molecule has 2 heterocycles. The molecule has 0 bridgehead atoms. The number of nitrogens with zero attached hydrogens (tertiary/aromatic N) is 1. The van der Waals surface area contributed by atoms with Gasteiger partial charge in [-0.25, -0.2) is 0 Å². The van der Waals surface area contributed by atoms with Crippen molar-refractivity contribution in [1.82, 2.24) is 4.98 Å². The van der Waals surface area contributed by atoms with E-state index in [4.69, 9.17) is 5.73 Å². The predicted octanol–water partition coefficient (Wildman–Crippen LogP) is 4.00. The van der Waals surface area contributed by atoms with E-state index in [0.717, 1.165) is 43.5 Å². The molecule has 4 rings (SSSR count). The molecule has 1 amide bonds. The summed E-state index contributed by atoms with van der Waals surface area (Å²) in [6.07, 6.45) is 3.91. The fourth-order valence-electron chi connectivity index (χ4n) is 4.37. The molecule has 5 heteroatoms. The Bertz CT molecular complexity index is 898. The normalized spacial score (nSPS) is 22.3. The fourth-order valence-corrected chi connectivity index (χ4v) is 4.37. The van der Waals surface area contributed by atoms with Crippen LogP contribution >= 0.6 is 12.4 Å². The third-order valence-corrected chi connectivity index (χ3v) is 5.85. The van der Waals surface area contributed by atoms with Gasteiger partial charge in [0.25, 0.3) is 0 Å². The Balaban J connectivity index is 0.00000210. The van der Waals surface area contributed by atoms with Crippen LogP contribution in [0.2, 0.25) is 0 Å². The number of piperidine rings is 1. The maximum absolute atomic E-state index is 11.6. The predicted molar refractivity (Wildman–Crippen MR) is 111 cm³/mol. The Morgan fingerprint density at radius 1 is 1.00 bits per heavy atom. The highest BCUT2D eigenvalue weighted by Crippen LogP contribution is 2.31. The van der Waals surface area contributed by atoms with Crippen molar-refractivity contribution in [3.63, 3.8) is 0 Å². The summed E-state index contributed by atoms with van der Waals surface area (Å²) < 4.78 is 0.982. The largest absolute Gasteiger partial charge is 0.369 e. The number of amides is 1. The number of para-hydroxylation sites is 1. The molecule has 0 radical (unpaired) electrons. The van der Waals surface area contributed by atoms with Crippen molar-refractivity contribution in [2.75, 3.05) is 13.1 Å². The molecule has 1 saturated heterocycles. The van der Waals surface area contributed by atoms with E-state index in [1.54, 1.807) is 0 Å². The first-order valence-electron chi connectivity index (χ1n) is 9.39. The van der Waals surface area contributed by atoms with Gasteiger partial charge in [0.1, 0.15) is 13.1 Å². The number of aromatic amines is 1. The van der Waals surface area contributed by atoms with Crippen molar-refractivity contribution >= 4 is 29.2 Å². The summed E-state index contributed by atoms with van der Waals surface area (Å²) in [6.45, 7) is 3.94. The summed E-state index contributed by atoms with van der Waals surface area (Å²) in [5.41, 5.74) is 9.46. The lowest BCUT2D eigenvalue weighted by Gasteiger charge is -2.43. The van der Waals surface area contributed by atoms with E-state index in [2.05, 4.69) is 65.8 Å². The number of hydrogen-bond acceptors (Lipinski definition) is 1. The van der Waals surface area contributed by atoms with Gasteiger partial charge in [-0.3, -0.25) is 4.79 Å². The summed E-state index contributed by atoms with van der Waals surface area (Å²) >= 11 is 0. The highest BCUT2D eigenvalue weighted by Gasteiger charge is 2.36. The van der Waals surface area contributed by atoms with Crippen LogP contribution in [-0.4, -0.2) is 28.5 Å². The zero-order chi connectivity index (χ0) is 18.0. The van der Waals surface area contributed by atoms with E-state index in [9.17, 15) is 4.79 Å². The smallest absolute Gasteiger partial charge is 0.220 e. The number of benzene rings is 2. The van der Waals surface area contributed by atoms with Crippen LogP contribution < -0.4 is 5.73 Å². The fraction of sp³-hybridized carbons (Fsp3) is 0.318. The van der Waals surface area contributed by atoms with Gasteiger partial charge >= 0.3 is 0 Å². The SMILES string of the molecule is Cl.NC(=O)C1CC[N+](Cc2ccccc2)(Cc2c[nH]c3ccccc23)CC1. The van der Waals surface area contributed by atoms with Gasteiger partial charge in [-0.05, 0) is 6.07 Å². The summed E-state index contributed by atoms with van der Waals surface area (Å²) in [5, 5.41) is 1.30. The van der Waals surface area contributed by atoms with Crippen LogP contribution in [0.1, 0.15) is 24.0 Å². The minimum atomic E-state index is -0.144. The Morgan fingerprint density at radius 3 is 2.37 bits per heavy atom. The molecule has 1 fully saturated rings. The van der Waals surface area contributed by atoms with Crippen molar-refractivity contribution in [3.05, 3.63) is 71.9 Å². The summed E-state index contributed by atoms with van der Waals surface area (Å²) in [7, 11) is 0. The zero-order valence-corrected chi connectivity index (χ0v) is 16.3. The zero-order valence-electron chi connectivity index (χ0n) is 15.4. The molecule has 27 heavy (non-hydrogen) atoms. The lowest BCUT2D eigenvalue weighted by atomic mass is 9.93. The maximum Gasteiger partial charge on any atom is 0.220 e. The van der Waals surface area contributed by atoms with Gasteiger partial charge in [-0.1, -0.05) is 48.5 Å². The first kappa shape index (κ1) is 19.5. The second-order valence-corrected chi connectivity index (χ2v) is 7.63. The third kappa shape index (κ3) is 4.18. The Hall–Kier alpha value is -2.30. The molecule has 1 aliphatic heterocycles. The van der Waals surface area contributed by atoms with Gasteiger partial charge in [0.05, 0.1) is 13.1 Å². The quantitative estimate of drug-likeness (QED) is 0.642. The molecule has 0 spiro atoms. The number of likely N-dealkylation sites (tertiary alicyclic amines) is 1. The molecule has 2 aromatic carbocycles. The molecule has 1 aromatic heterocycles. The standard InChI is InChI=1S/C22H25N3O.ClH/c23-22(26)18-10-12-25(13-11-18,15-17-6-2-1-3-7-17)16-19-14-24-21-9-5-4-8-20(19)21;/h1-9,14,18,24H,10-13,15-16H2,(H-,23,26);1H/p+1. The van der Waals surface area contributed by atoms with Crippen LogP contribution in [-0.2, 0) is 17.9 Å². The Labute approximate surface area is 166 Å². The molecule has 3 N–H and O–H groups in total. The number of rotatable bonds is 5. The van der Waals surface area contributed by atoms with Crippen molar-refractivity contribution < 1.29 is 9.28 Å². The first-order valence-corrected chi connectivity index (χ1v) is 9.39. The van der Waals surface area contributed by atoms with E-state index < -0.39 is 0 Å². The molecule has 4 nitrogen and oxygen atoms in total. The molecule has 3 aromatic rings. The lowest BCUT2D eigenvalue weighted by molar-refractivity contribution is -0.958. The number of H-pyrrole nitrogens is 1. The number of carbonyl (C=O) groups excluding carboxylic acids is 1. The lowest BCUT2D eigenvalue weighted by Crippen LogP contribution is -2.53. The number of aromatic nitrogens is 1. The van der Waals surface area contributed by atoms with E-state index in [0.29, 0.717) is 0 Å². The van der Waals surface area contributed by atoms with Gasteiger partial charge in [0.15, 0.2) is 0 Å². The number of primary amides is 1. The van der Waals surface area contributed by atoms with Gasteiger partial charge in [0.2, 0.25) is 5.91 Å². The number of nitrogens with one attached hydrogen (secondary N) is 1. The van der Waals surface area contributed by atoms with Gasteiger partial charge in [-0.2, -0.15) is 0 Å². The number of carbonyl (C=O) groups is 1. The van der Waals surface area contributed by atoms with E-state index in [-0.39, 0.29) is 24.2 Å². The van der Waals surface area contributed by atoms with E-state index in [1.165, 1.54) is 22.0 Å². The van der Waals surface area contributed by atoms with Gasteiger partial charge in [-0.15, -0.1) is 12.4 Å². The molecular formula is C22H27ClN3O+. The Kier molecular flexibility index (Phi) is 5.88. The van der Waals surface area contributed by atoms with Crippen molar-refractivity contribution in [3.8, 4) is 0 Å². The first-order chi connectivity index (χ1) is 12.7. The van der Waals surface area contributed by atoms with Crippen molar-refractivity contribution in [1.29, 1.82) is 0 Å². The van der Waals surface area contributed by atoms with Gasteiger partial charge in [0, 0.05) is 47.0 Å². The average Bonchev–Trinajstić information content (AvgIpc) is 3.06. The van der Waals surface area contributed by atoms with Crippen LogP contribution in [0, 0.1) is 5.92 Å². The third-order valence-electron chi connectivity index (χ3n) is 5.85. The summed E-state index contributed by atoms with van der Waals surface area (Å²) in [5.74, 6) is -0.116.